The zero-order chi connectivity index (χ0) is 8.10. The number of nitrogens with one attached hydrogen (secondary N) is 1. The Morgan fingerprint density at radius 1 is 1.64 bits per heavy atom. The lowest BCUT2D eigenvalue weighted by molar-refractivity contribution is 0.970. The second-order valence-corrected chi connectivity index (χ2v) is 2.37. The van der Waals surface area contributed by atoms with Crippen LogP contribution in [0.2, 0.25) is 0 Å². The quantitative estimate of drug-likeness (QED) is 0.688. The molecule has 3 nitrogen and oxygen atoms in total. The molecule has 3 heteroatoms. The summed E-state index contributed by atoms with van der Waals surface area (Å²) in [6.45, 7) is 3.02. The Kier molecular flexibility index (Phi) is 2.72. The van der Waals surface area contributed by atoms with E-state index in [4.69, 9.17) is 5.73 Å². The number of rotatable bonds is 3. The number of nitrogen functional groups attached to an aromatic ring is 1. The molecule has 0 bridgehead atoms. The molecule has 3 N–H and O–H groups in total. The van der Waals surface area contributed by atoms with Crippen molar-refractivity contribution in [1.29, 1.82) is 0 Å². The molecule has 1 rings (SSSR count). The van der Waals surface area contributed by atoms with Crippen LogP contribution >= 0.6 is 0 Å². The predicted octanol–water partition coefficient (Wildman–Crippen LogP) is 1.49. The van der Waals surface area contributed by atoms with Gasteiger partial charge in [-0.2, -0.15) is 0 Å². The van der Waals surface area contributed by atoms with E-state index in [-0.39, 0.29) is 0 Å². The first-order chi connectivity index (χ1) is 5.34. The Bertz CT molecular complexity index is 222. The average Bonchev–Trinajstić information content (AvgIpc) is 2.03. The Morgan fingerprint density at radius 2 is 2.45 bits per heavy atom. The summed E-state index contributed by atoms with van der Waals surface area (Å²) in [4.78, 5) is 4.08. The van der Waals surface area contributed by atoms with Crippen LogP contribution in [-0.2, 0) is 0 Å². The first-order valence-electron chi connectivity index (χ1n) is 3.79. The molecule has 0 saturated heterocycles. The van der Waals surface area contributed by atoms with E-state index >= 15 is 0 Å². The van der Waals surface area contributed by atoms with Crippen LogP contribution < -0.4 is 11.1 Å². The van der Waals surface area contributed by atoms with Gasteiger partial charge in [0.15, 0.2) is 0 Å². The molecule has 11 heavy (non-hydrogen) atoms. The summed E-state index contributed by atoms with van der Waals surface area (Å²) in [6, 6.07) is 3.66. The topological polar surface area (TPSA) is 50.9 Å². The fourth-order valence-electron chi connectivity index (χ4n) is 0.809. The highest BCUT2D eigenvalue weighted by molar-refractivity contribution is 5.60. The van der Waals surface area contributed by atoms with Crippen molar-refractivity contribution in [3.63, 3.8) is 0 Å². The lowest BCUT2D eigenvalue weighted by atomic mass is 10.4. The highest BCUT2D eigenvalue weighted by Crippen LogP contribution is 2.11. The van der Waals surface area contributed by atoms with E-state index in [0.29, 0.717) is 5.69 Å². The van der Waals surface area contributed by atoms with Gasteiger partial charge in [-0.25, -0.2) is 4.98 Å². The summed E-state index contributed by atoms with van der Waals surface area (Å²) in [5.41, 5.74) is 6.35. The molecule has 0 radical (unpaired) electrons. The van der Waals surface area contributed by atoms with Gasteiger partial charge in [0, 0.05) is 12.7 Å². The molecule has 1 heterocycles. The van der Waals surface area contributed by atoms with Crippen molar-refractivity contribution < 1.29 is 0 Å². The van der Waals surface area contributed by atoms with Crippen LogP contribution in [0.4, 0.5) is 11.5 Å². The Balaban J connectivity index is 2.62. The Hall–Kier alpha value is -1.25. The minimum Gasteiger partial charge on any atom is -0.396 e. The van der Waals surface area contributed by atoms with E-state index < -0.39 is 0 Å². The SMILES string of the molecule is CCCNc1ncccc1N. The predicted molar refractivity (Wildman–Crippen MR) is 47.4 cm³/mol. The molecule has 1 aromatic rings. The van der Waals surface area contributed by atoms with Crippen LogP contribution in [0, 0.1) is 0 Å². The van der Waals surface area contributed by atoms with Crippen molar-refractivity contribution in [3.8, 4) is 0 Å². The van der Waals surface area contributed by atoms with Crippen molar-refractivity contribution in [2.45, 2.75) is 13.3 Å². The summed E-state index contributed by atoms with van der Waals surface area (Å²) in [5, 5.41) is 3.13. The highest BCUT2D eigenvalue weighted by atomic mass is 15.0. The monoisotopic (exact) mass is 151 g/mol. The maximum atomic E-state index is 5.64. The lowest BCUT2D eigenvalue weighted by Crippen LogP contribution is -2.04. The Labute approximate surface area is 66.6 Å². The van der Waals surface area contributed by atoms with Gasteiger partial charge in [0.2, 0.25) is 0 Å². The minimum absolute atomic E-state index is 0.709. The zero-order valence-electron chi connectivity index (χ0n) is 6.67. The van der Waals surface area contributed by atoms with Crippen LogP contribution in [0.3, 0.4) is 0 Å². The van der Waals surface area contributed by atoms with Gasteiger partial charge in [-0.15, -0.1) is 0 Å². The molecule has 1 aromatic heterocycles. The smallest absolute Gasteiger partial charge is 0.149 e. The second-order valence-electron chi connectivity index (χ2n) is 2.37. The molecule has 0 amide bonds. The third-order valence-corrected chi connectivity index (χ3v) is 1.38. The number of hydrogen-bond donors (Lipinski definition) is 2. The van der Waals surface area contributed by atoms with Crippen LogP contribution in [0.25, 0.3) is 0 Å². The first kappa shape index (κ1) is 7.85. The number of hydrogen-bond acceptors (Lipinski definition) is 3. The maximum Gasteiger partial charge on any atom is 0.149 e. The standard InChI is InChI=1S/C8H13N3/c1-2-5-10-8-7(9)4-3-6-11-8/h3-4,6H,2,5,9H2,1H3,(H,10,11). The number of aromatic nitrogens is 1. The third kappa shape index (κ3) is 2.11. The van der Waals surface area contributed by atoms with Gasteiger partial charge >= 0.3 is 0 Å². The summed E-state index contributed by atoms with van der Waals surface area (Å²) in [5.74, 6) is 0.786. The van der Waals surface area contributed by atoms with Crippen LogP contribution in [-0.4, -0.2) is 11.5 Å². The van der Waals surface area contributed by atoms with Gasteiger partial charge in [0.1, 0.15) is 5.82 Å². The molecular formula is C8H13N3. The third-order valence-electron chi connectivity index (χ3n) is 1.38. The molecule has 0 fully saturated rings. The zero-order valence-corrected chi connectivity index (χ0v) is 6.67. The second kappa shape index (κ2) is 3.81. The molecule has 0 spiro atoms. The number of pyridine rings is 1. The van der Waals surface area contributed by atoms with Gasteiger partial charge in [-0.3, -0.25) is 0 Å². The van der Waals surface area contributed by atoms with Crippen molar-refractivity contribution in [2.24, 2.45) is 0 Å². The molecule has 0 aromatic carbocycles. The highest BCUT2D eigenvalue weighted by Gasteiger charge is 1.94. The molecular weight excluding hydrogens is 138 g/mol. The fraction of sp³-hybridized carbons (Fsp3) is 0.375. The van der Waals surface area contributed by atoms with Gasteiger partial charge < -0.3 is 11.1 Å². The van der Waals surface area contributed by atoms with Crippen LogP contribution in [0.15, 0.2) is 18.3 Å². The van der Waals surface area contributed by atoms with Crippen molar-refractivity contribution >= 4 is 11.5 Å². The number of anilines is 2. The molecule has 0 aliphatic rings. The van der Waals surface area contributed by atoms with E-state index in [9.17, 15) is 0 Å². The van der Waals surface area contributed by atoms with E-state index in [1.54, 1.807) is 6.20 Å². The summed E-state index contributed by atoms with van der Waals surface area (Å²) in [7, 11) is 0. The van der Waals surface area contributed by atoms with Gasteiger partial charge in [0.05, 0.1) is 5.69 Å². The molecule has 0 saturated carbocycles. The van der Waals surface area contributed by atoms with E-state index in [0.717, 1.165) is 18.8 Å². The first-order valence-corrected chi connectivity index (χ1v) is 3.79. The normalized spacial score (nSPS) is 9.55. The fourth-order valence-corrected chi connectivity index (χ4v) is 0.809. The van der Waals surface area contributed by atoms with Crippen molar-refractivity contribution in [2.75, 3.05) is 17.6 Å². The van der Waals surface area contributed by atoms with E-state index in [1.165, 1.54) is 0 Å². The van der Waals surface area contributed by atoms with Crippen molar-refractivity contribution in [3.05, 3.63) is 18.3 Å². The van der Waals surface area contributed by atoms with Gasteiger partial charge in [-0.1, -0.05) is 6.92 Å². The summed E-state index contributed by atoms with van der Waals surface area (Å²) >= 11 is 0. The van der Waals surface area contributed by atoms with E-state index in [1.807, 2.05) is 12.1 Å². The molecule has 0 aliphatic heterocycles. The average molecular weight is 151 g/mol. The summed E-state index contributed by atoms with van der Waals surface area (Å²) in [6.07, 6.45) is 2.81. The molecule has 0 unspecified atom stereocenters. The minimum atomic E-state index is 0.709. The Morgan fingerprint density at radius 3 is 3.09 bits per heavy atom. The number of nitrogens with two attached hydrogens (primary N) is 1. The summed E-state index contributed by atoms with van der Waals surface area (Å²) < 4.78 is 0. The van der Waals surface area contributed by atoms with E-state index in [2.05, 4.69) is 17.2 Å². The molecule has 60 valence electrons. The lowest BCUT2D eigenvalue weighted by Gasteiger charge is -2.04. The van der Waals surface area contributed by atoms with Crippen LogP contribution in [0.5, 0.6) is 0 Å². The van der Waals surface area contributed by atoms with Gasteiger partial charge in [-0.05, 0) is 18.6 Å². The van der Waals surface area contributed by atoms with Gasteiger partial charge in [0.25, 0.3) is 0 Å². The maximum absolute atomic E-state index is 5.64. The van der Waals surface area contributed by atoms with Crippen LogP contribution in [0.1, 0.15) is 13.3 Å². The number of nitrogens with zero attached hydrogens (tertiary/aromatic N) is 1. The largest absolute Gasteiger partial charge is 0.396 e. The molecule has 0 aliphatic carbocycles. The molecule has 0 atom stereocenters. The van der Waals surface area contributed by atoms with Crippen molar-refractivity contribution in [1.82, 2.24) is 4.98 Å².